The molecule has 1 heteroatoms. The van der Waals surface area contributed by atoms with Crippen LogP contribution in [-0.4, -0.2) is 0 Å². The molecule has 0 bridgehead atoms. The molecule has 110 valence electrons. The minimum atomic E-state index is 0.946. The van der Waals surface area contributed by atoms with E-state index in [2.05, 4.69) is 81.8 Å². The molecule has 0 aliphatic rings. The van der Waals surface area contributed by atoms with Gasteiger partial charge in [0.25, 0.3) is 0 Å². The molecule has 0 spiro atoms. The lowest BCUT2D eigenvalue weighted by Gasteiger charge is -1.90. The molecule has 0 saturated carbocycles. The standard InChI is InChI=1S/C8H10.C7H8.C5H7P/c1-7-3-5-8(2)6-4-7;1-7-5-3-2-4-6-7;1-5-2-3-6-4-5/h3-6H,1-2H3;2-6H,1H3;2-4,6H,1H3. The molecule has 0 radical (unpaired) electrons. The van der Waals surface area contributed by atoms with Gasteiger partial charge in [0, 0.05) is 0 Å². The smallest absolute Gasteiger partial charge is 0.0394 e. The van der Waals surface area contributed by atoms with E-state index in [1.165, 1.54) is 22.3 Å². The highest BCUT2D eigenvalue weighted by molar-refractivity contribution is 7.28. The van der Waals surface area contributed by atoms with Gasteiger partial charge in [-0.15, -0.1) is 8.19 Å². The lowest BCUT2D eigenvalue weighted by atomic mass is 10.2. The molecule has 1 unspecified atom stereocenters. The highest BCUT2D eigenvalue weighted by atomic mass is 31.0. The molecule has 1 aromatic heterocycles. The van der Waals surface area contributed by atoms with Crippen LogP contribution in [0.2, 0.25) is 0 Å². The highest BCUT2D eigenvalue weighted by Crippen LogP contribution is 2.07. The Labute approximate surface area is 131 Å². The zero-order valence-corrected chi connectivity index (χ0v) is 14.4. The van der Waals surface area contributed by atoms with Gasteiger partial charge in [0.1, 0.15) is 0 Å². The van der Waals surface area contributed by atoms with Gasteiger partial charge < -0.3 is 0 Å². The molecule has 0 nitrogen and oxygen atoms in total. The third kappa shape index (κ3) is 8.89. The summed E-state index contributed by atoms with van der Waals surface area (Å²) in [6.07, 6.45) is 0. The summed E-state index contributed by atoms with van der Waals surface area (Å²) < 4.78 is 0. The molecule has 1 heterocycles. The van der Waals surface area contributed by atoms with Crippen LogP contribution in [0.3, 0.4) is 0 Å². The second-order valence-electron chi connectivity index (χ2n) is 5.20. The summed E-state index contributed by atoms with van der Waals surface area (Å²) in [6.45, 7) is 8.40. The second kappa shape index (κ2) is 10.0. The van der Waals surface area contributed by atoms with E-state index in [9.17, 15) is 0 Å². The monoisotopic (exact) mass is 296 g/mol. The first-order chi connectivity index (χ1) is 10.1. The van der Waals surface area contributed by atoms with Crippen molar-refractivity contribution in [3.63, 3.8) is 0 Å². The fraction of sp³-hybridized carbons (Fsp3) is 0.200. The van der Waals surface area contributed by atoms with Crippen molar-refractivity contribution in [1.82, 2.24) is 0 Å². The summed E-state index contributed by atoms with van der Waals surface area (Å²) in [7, 11) is 0.946. The molecular weight excluding hydrogens is 271 g/mol. The van der Waals surface area contributed by atoms with Crippen LogP contribution in [0.4, 0.5) is 0 Å². The van der Waals surface area contributed by atoms with Crippen LogP contribution in [0.15, 0.2) is 72.3 Å². The maximum atomic E-state index is 2.24. The van der Waals surface area contributed by atoms with E-state index in [1.807, 2.05) is 18.2 Å². The van der Waals surface area contributed by atoms with Gasteiger partial charge in [0.15, 0.2) is 0 Å². The minimum Gasteiger partial charge on any atom is -0.140 e. The maximum absolute atomic E-state index is 2.24. The Bertz CT molecular complexity index is 557. The van der Waals surface area contributed by atoms with Gasteiger partial charge in [0.05, 0.1) is 0 Å². The van der Waals surface area contributed by atoms with Crippen LogP contribution >= 0.6 is 8.19 Å². The van der Waals surface area contributed by atoms with Crippen molar-refractivity contribution < 1.29 is 0 Å². The Balaban J connectivity index is 0.000000159. The molecule has 0 saturated heterocycles. The number of rotatable bonds is 0. The van der Waals surface area contributed by atoms with Crippen LogP contribution in [0, 0.1) is 27.7 Å². The minimum absolute atomic E-state index is 0.946. The molecule has 2 aromatic carbocycles. The fourth-order valence-electron chi connectivity index (χ4n) is 1.58. The normalized spacial score (nSPS) is 9.33. The summed E-state index contributed by atoms with van der Waals surface area (Å²) in [5.41, 5.74) is 5.39. The lowest BCUT2D eigenvalue weighted by molar-refractivity contribution is 1.40. The maximum Gasteiger partial charge on any atom is -0.0394 e. The molecule has 1 atom stereocenters. The molecule has 0 N–H and O–H groups in total. The number of benzene rings is 2. The third-order valence-electron chi connectivity index (χ3n) is 2.91. The van der Waals surface area contributed by atoms with Crippen LogP contribution < -0.4 is 0 Å². The van der Waals surface area contributed by atoms with Gasteiger partial charge in [-0.1, -0.05) is 77.4 Å². The van der Waals surface area contributed by atoms with Crippen LogP contribution in [0.5, 0.6) is 0 Å². The predicted molar refractivity (Wildman–Crippen MR) is 97.8 cm³/mol. The largest absolute Gasteiger partial charge is 0.140 e. The molecule has 3 aromatic rings. The van der Waals surface area contributed by atoms with E-state index < -0.39 is 0 Å². The second-order valence-corrected chi connectivity index (χ2v) is 6.15. The van der Waals surface area contributed by atoms with Gasteiger partial charge in [-0.2, -0.15) is 0 Å². The summed E-state index contributed by atoms with van der Waals surface area (Å²) in [5, 5.41) is 0. The van der Waals surface area contributed by atoms with Crippen molar-refractivity contribution in [2.24, 2.45) is 0 Å². The topological polar surface area (TPSA) is 0 Å². The molecule has 3 rings (SSSR count). The zero-order valence-electron chi connectivity index (χ0n) is 13.4. The Hall–Kier alpha value is -1.78. The van der Waals surface area contributed by atoms with E-state index in [0.29, 0.717) is 0 Å². The van der Waals surface area contributed by atoms with Crippen molar-refractivity contribution in [3.8, 4) is 0 Å². The third-order valence-corrected chi connectivity index (χ3v) is 3.89. The average molecular weight is 296 g/mol. The van der Waals surface area contributed by atoms with Crippen LogP contribution in [-0.2, 0) is 0 Å². The first kappa shape index (κ1) is 17.3. The number of hydrogen-bond acceptors (Lipinski definition) is 0. The SMILES string of the molecule is Cc1cc[pH]c1.Cc1ccc(C)cc1.Cc1ccccc1. The van der Waals surface area contributed by atoms with E-state index in [1.54, 1.807) is 0 Å². The quantitative estimate of drug-likeness (QED) is 0.455. The van der Waals surface area contributed by atoms with E-state index >= 15 is 0 Å². The zero-order chi connectivity index (χ0) is 15.5. The summed E-state index contributed by atoms with van der Waals surface area (Å²) >= 11 is 0. The molecule has 0 aliphatic heterocycles. The Morgan fingerprint density at radius 2 is 1.00 bits per heavy atom. The molecule has 0 aliphatic carbocycles. The Kier molecular flexibility index (Phi) is 8.24. The summed E-state index contributed by atoms with van der Waals surface area (Å²) in [5.74, 6) is 4.43. The fourth-order valence-corrected chi connectivity index (χ4v) is 2.39. The highest BCUT2D eigenvalue weighted by Gasteiger charge is 1.79. The van der Waals surface area contributed by atoms with Gasteiger partial charge in [-0.25, -0.2) is 0 Å². The van der Waals surface area contributed by atoms with Crippen LogP contribution in [0.25, 0.3) is 0 Å². The van der Waals surface area contributed by atoms with Crippen molar-refractivity contribution in [1.29, 1.82) is 0 Å². The number of hydrogen-bond donors (Lipinski definition) is 0. The molecular formula is C20H25P. The first-order valence-electron chi connectivity index (χ1n) is 7.22. The average Bonchev–Trinajstić information content (AvgIpc) is 2.95. The van der Waals surface area contributed by atoms with Crippen LogP contribution in [0.1, 0.15) is 22.3 Å². The van der Waals surface area contributed by atoms with Crippen molar-refractivity contribution >= 4 is 8.19 Å². The molecule has 21 heavy (non-hydrogen) atoms. The lowest BCUT2D eigenvalue weighted by Crippen LogP contribution is -1.70. The van der Waals surface area contributed by atoms with E-state index in [-0.39, 0.29) is 0 Å². The molecule has 0 fully saturated rings. The van der Waals surface area contributed by atoms with E-state index in [4.69, 9.17) is 0 Å². The summed E-state index contributed by atoms with van der Waals surface area (Å²) in [4.78, 5) is 0. The van der Waals surface area contributed by atoms with Gasteiger partial charge in [-0.3, -0.25) is 0 Å². The van der Waals surface area contributed by atoms with Gasteiger partial charge >= 0.3 is 0 Å². The number of aryl methyl sites for hydroxylation is 4. The van der Waals surface area contributed by atoms with Gasteiger partial charge in [-0.05, 0) is 44.9 Å². The Morgan fingerprint density at radius 1 is 0.524 bits per heavy atom. The molecule has 0 amide bonds. The Morgan fingerprint density at radius 3 is 1.24 bits per heavy atom. The van der Waals surface area contributed by atoms with Gasteiger partial charge in [0.2, 0.25) is 0 Å². The first-order valence-corrected chi connectivity index (χ1v) is 8.37. The van der Waals surface area contributed by atoms with Crippen molar-refractivity contribution in [2.75, 3.05) is 0 Å². The van der Waals surface area contributed by atoms with Crippen molar-refractivity contribution in [2.45, 2.75) is 27.7 Å². The predicted octanol–water partition coefficient (Wildman–Crippen LogP) is 6.32. The summed E-state index contributed by atoms with van der Waals surface area (Å²) in [6, 6.07) is 20.9. The van der Waals surface area contributed by atoms with E-state index in [0.717, 1.165) is 8.19 Å². The van der Waals surface area contributed by atoms with Crippen molar-refractivity contribution in [3.05, 3.63) is 94.5 Å².